The SMILES string of the molecule is CCC(C)C(NC(=O)C(CCCCN)NC(=O)C(CC(N)=O)NC(=O)C(Cc1ccccc1)NC(=O)C(NC(=O)C(N)Cc1ccccc1)C(C)C)C(=O)NC(CCC(=O)O)C(=O)O. The van der Waals surface area contributed by atoms with Gasteiger partial charge in [0.1, 0.15) is 36.3 Å². The van der Waals surface area contributed by atoms with Crippen molar-refractivity contribution in [1.29, 1.82) is 0 Å². The normalized spacial score (nSPS) is 14.8. The monoisotopic (exact) mass is 895 g/mol. The van der Waals surface area contributed by atoms with E-state index in [2.05, 4.69) is 31.9 Å². The van der Waals surface area contributed by atoms with Crippen molar-refractivity contribution in [2.24, 2.45) is 29.0 Å². The second-order valence-corrected chi connectivity index (χ2v) is 16.1. The summed E-state index contributed by atoms with van der Waals surface area (Å²) in [6.45, 7) is 6.98. The van der Waals surface area contributed by atoms with Gasteiger partial charge in [0.15, 0.2) is 0 Å². The van der Waals surface area contributed by atoms with Crippen LogP contribution in [0.2, 0.25) is 0 Å². The quantitative estimate of drug-likeness (QED) is 0.0454. The predicted molar refractivity (Wildman–Crippen MR) is 235 cm³/mol. The molecule has 0 aliphatic carbocycles. The Balaban J connectivity index is 2.38. The second kappa shape index (κ2) is 27.6. The molecule has 0 heterocycles. The number of carboxylic acids is 2. The number of carboxylic acid groups (broad SMARTS) is 2. The lowest BCUT2D eigenvalue weighted by Gasteiger charge is -2.29. The molecule has 0 spiro atoms. The van der Waals surface area contributed by atoms with E-state index in [-0.39, 0.29) is 25.8 Å². The number of nitrogens with two attached hydrogens (primary N) is 3. The molecule has 0 radical (unpaired) electrons. The minimum atomic E-state index is -1.67. The van der Waals surface area contributed by atoms with Gasteiger partial charge in [-0.1, -0.05) is 94.8 Å². The molecule has 0 aromatic heterocycles. The van der Waals surface area contributed by atoms with Crippen LogP contribution in [0.25, 0.3) is 0 Å². The lowest BCUT2D eigenvalue weighted by molar-refractivity contribution is -0.143. The summed E-state index contributed by atoms with van der Waals surface area (Å²) < 4.78 is 0. The van der Waals surface area contributed by atoms with Gasteiger partial charge in [0.25, 0.3) is 0 Å². The Labute approximate surface area is 373 Å². The molecule has 2 aromatic carbocycles. The van der Waals surface area contributed by atoms with Crippen LogP contribution in [0, 0.1) is 11.8 Å². The average molecular weight is 896 g/mol. The Morgan fingerprint density at radius 2 is 1.06 bits per heavy atom. The Bertz CT molecular complexity index is 1880. The van der Waals surface area contributed by atoms with Crippen molar-refractivity contribution in [3.8, 4) is 0 Å². The third kappa shape index (κ3) is 18.9. The lowest BCUT2D eigenvalue weighted by Crippen LogP contribution is -2.61. The van der Waals surface area contributed by atoms with Crippen molar-refractivity contribution in [2.75, 3.05) is 6.54 Å². The van der Waals surface area contributed by atoms with E-state index in [1.54, 1.807) is 58.0 Å². The first-order valence-corrected chi connectivity index (χ1v) is 21.4. The number of hydrogen-bond acceptors (Lipinski definition) is 11. The molecule has 0 aliphatic heterocycles. The summed E-state index contributed by atoms with van der Waals surface area (Å²) in [5.41, 5.74) is 18.8. The maximum absolute atomic E-state index is 14.1. The number of nitrogens with one attached hydrogen (secondary N) is 6. The third-order valence-corrected chi connectivity index (χ3v) is 10.5. The number of rotatable bonds is 29. The van der Waals surface area contributed by atoms with Crippen LogP contribution in [0.3, 0.4) is 0 Å². The summed E-state index contributed by atoms with van der Waals surface area (Å²) in [6.07, 6.45) is -0.503. The van der Waals surface area contributed by atoms with Crippen LogP contribution in [0.5, 0.6) is 0 Å². The van der Waals surface area contributed by atoms with Gasteiger partial charge < -0.3 is 59.3 Å². The number of aliphatic carboxylic acids is 2. The second-order valence-electron chi connectivity index (χ2n) is 16.1. The smallest absolute Gasteiger partial charge is 0.326 e. The fourth-order valence-corrected chi connectivity index (χ4v) is 6.54. The number of primary amides is 1. The summed E-state index contributed by atoms with van der Waals surface area (Å²) >= 11 is 0. The number of unbranched alkanes of at least 4 members (excludes halogenated alkanes) is 1. The van der Waals surface area contributed by atoms with E-state index in [0.717, 1.165) is 5.56 Å². The van der Waals surface area contributed by atoms with Crippen molar-refractivity contribution in [3.63, 3.8) is 0 Å². The highest BCUT2D eigenvalue weighted by molar-refractivity contribution is 5.98. The van der Waals surface area contributed by atoms with Crippen LogP contribution in [0.1, 0.15) is 83.8 Å². The molecule has 2 rings (SSSR count). The molecule has 20 heteroatoms. The summed E-state index contributed by atoms with van der Waals surface area (Å²) in [5.74, 6) is -9.75. The van der Waals surface area contributed by atoms with Crippen molar-refractivity contribution in [2.45, 2.75) is 128 Å². The number of carbonyl (C=O) groups excluding carboxylic acids is 7. The van der Waals surface area contributed by atoms with Crippen LogP contribution in [0.15, 0.2) is 60.7 Å². The maximum atomic E-state index is 14.1. The molecule has 7 amide bonds. The van der Waals surface area contributed by atoms with E-state index in [1.807, 2.05) is 30.3 Å². The number of hydrogen-bond donors (Lipinski definition) is 11. The van der Waals surface area contributed by atoms with Gasteiger partial charge in [0.2, 0.25) is 41.4 Å². The standard InChI is InChI=1S/C44H65N9O11/c1-5-26(4)37(43(62)49-31(44(63)64)19-20-35(55)56)53-39(58)30(18-12-13-21-45)48-41(60)33(24-34(47)54)50-40(59)32(23-28-16-10-7-11-17-28)51-42(61)36(25(2)3)52-38(57)29(46)22-27-14-8-6-9-15-27/h6-11,14-17,25-26,29-33,36-37H,5,12-13,18-24,45-46H2,1-4H3,(H2,47,54)(H,48,60)(H,49,62)(H,50,59)(H,51,61)(H,52,57)(H,53,58)(H,55,56)(H,63,64). The molecule has 352 valence electrons. The van der Waals surface area contributed by atoms with Crippen LogP contribution in [-0.2, 0) is 56.0 Å². The van der Waals surface area contributed by atoms with Gasteiger partial charge in [0.05, 0.1) is 12.5 Å². The highest BCUT2D eigenvalue weighted by Crippen LogP contribution is 2.13. The largest absolute Gasteiger partial charge is 0.481 e. The zero-order valence-electron chi connectivity index (χ0n) is 36.8. The molecule has 0 saturated heterocycles. The zero-order valence-corrected chi connectivity index (χ0v) is 36.8. The molecule has 2 aromatic rings. The number of amides is 7. The lowest BCUT2D eigenvalue weighted by atomic mass is 9.96. The predicted octanol–water partition coefficient (Wildman–Crippen LogP) is -0.636. The Morgan fingerprint density at radius 3 is 1.58 bits per heavy atom. The average Bonchev–Trinajstić information content (AvgIpc) is 3.24. The van der Waals surface area contributed by atoms with E-state index < -0.39 is 127 Å². The summed E-state index contributed by atoms with van der Waals surface area (Å²) in [6, 6.07) is 8.26. The zero-order chi connectivity index (χ0) is 47.9. The first-order valence-electron chi connectivity index (χ1n) is 21.4. The van der Waals surface area contributed by atoms with Crippen LogP contribution in [0.4, 0.5) is 0 Å². The van der Waals surface area contributed by atoms with E-state index in [9.17, 15) is 48.3 Å². The molecule has 0 aliphatic rings. The number of carbonyl (C=O) groups is 9. The van der Waals surface area contributed by atoms with Gasteiger partial charge in [-0.3, -0.25) is 38.4 Å². The van der Waals surface area contributed by atoms with E-state index in [1.165, 1.54) is 0 Å². The topological polar surface area (TPSA) is 344 Å². The maximum Gasteiger partial charge on any atom is 0.326 e. The summed E-state index contributed by atoms with van der Waals surface area (Å²) in [7, 11) is 0. The van der Waals surface area contributed by atoms with E-state index in [0.29, 0.717) is 24.8 Å². The molecule has 0 fully saturated rings. The molecule has 8 atom stereocenters. The molecular weight excluding hydrogens is 831 g/mol. The Kier molecular flexibility index (Phi) is 23.2. The molecule has 20 nitrogen and oxygen atoms in total. The third-order valence-electron chi connectivity index (χ3n) is 10.5. The molecule has 14 N–H and O–H groups in total. The van der Waals surface area contributed by atoms with Crippen molar-refractivity contribution in [1.82, 2.24) is 31.9 Å². The van der Waals surface area contributed by atoms with Crippen molar-refractivity contribution in [3.05, 3.63) is 71.8 Å². The van der Waals surface area contributed by atoms with Gasteiger partial charge in [-0.25, -0.2) is 4.79 Å². The van der Waals surface area contributed by atoms with Crippen LogP contribution >= 0.6 is 0 Å². The first-order chi connectivity index (χ1) is 30.3. The Hall–Kier alpha value is -6.41. The highest BCUT2D eigenvalue weighted by Gasteiger charge is 2.36. The Morgan fingerprint density at radius 1 is 0.578 bits per heavy atom. The molecule has 8 unspecified atom stereocenters. The van der Waals surface area contributed by atoms with Gasteiger partial charge in [-0.05, 0) is 61.6 Å². The minimum absolute atomic E-state index is 0.0127. The van der Waals surface area contributed by atoms with Crippen LogP contribution < -0.4 is 49.1 Å². The molecular formula is C44H65N9O11. The molecule has 64 heavy (non-hydrogen) atoms. The molecule has 0 saturated carbocycles. The highest BCUT2D eigenvalue weighted by atomic mass is 16.4. The van der Waals surface area contributed by atoms with Gasteiger partial charge >= 0.3 is 11.9 Å². The van der Waals surface area contributed by atoms with Crippen molar-refractivity contribution < 1.29 is 53.4 Å². The first kappa shape index (κ1) is 53.7. The minimum Gasteiger partial charge on any atom is -0.481 e. The van der Waals surface area contributed by atoms with E-state index >= 15 is 0 Å². The fraction of sp³-hybridized carbons (Fsp3) is 0.523. The van der Waals surface area contributed by atoms with Gasteiger partial charge in [-0.15, -0.1) is 0 Å². The summed E-state index contributed by atoms with van der Waals surface area (Å²) in [4.78, 5) is 118. The summed E-state index contributed by atoms with van der Waals surface area (Å²) in [5, 5.41) is 33.9. The number of benzene rings is 2. The van der Waals surface area contributed by atoms with Crippen LogP contribution in [-0.4, -0.2) is 112 Å². The van der Waals surface area contributed by atoms with Gasteiger partial charge in [-0.2, -0.15) is 0 Å². The fourth-order valence-electron chi connectivity index (χ4n) is 6.54. The van der Waals surface area contributed by atoms with Crippen molar-refractivity contribution >= 4 is 53.3 Å². The molecule has 0 bridgehead atoms. The van der Waals surface area contributed by atoms with E-state index in [4.69, 9.17) is 22.3 Å². The van der Waals surface area contributed by atoms with Gasteiger partial charge in [0, 0.05) is 12.8 Å².